The maximum atomic E-state index is 11.9. The van der Waals surface area contributed by atoms with Crippen LogP contribution in [-0.4, -0.2) is 23.1 Å². The lowest BCUT2D eigenvalue weighted by Crippen LogP contribution is -1.87. The highest BCUT2D eigenvalue weighted by Gasteiger charge is 2.01. The Morgan fingerprint density at radius 1 is 1.09 bits per heavy atom. The third kappa shape index (κ3) is 4.72. The van der Waals surface area contributed by atoms with Crippen LogP contribution in [0, 0.1) is 0 Å². The molecule has 0 amide bonds. The van der Waals surface area contributed by atoms with Gasteiger partial charge in [-0.3, -0.25) is 4.79 Å². The van der Waals surface area contributed by atoms with E-state index in [1.807, 2.05) is 0 Å². The summed E-state index contributed by atoms with van der Waals surface area (Å²) >= 11 is 3.32. The van der Waals surface area contributed by atoms with E-state index >= 15 is 0 Å². The Morgan fingerprint density at radius 3 is 2.52 bits per heavy atom. The molecular formula is C18H15BrO4. The smallest absolute Gasteiger partial charge is 0.178 e. The molecule has 2 aromatic carbocycles. The normalized spacial score (nSPS) is 11.2. The van der Waals surface area contributed by atoms with Gasteiger partial charge in [-0.1, -0.05) is 34.1 Å². The van der Waals surface area contributed by atoms with Gasteiger partial charge in [-0.2, -0.15) is 0 Å². The minimum atomic E-state index is -0.183. The van der Waals surface area contributed by atoms with Gasteiger partial charge in [-0.05, 0) is 53.6 Å². The van der Waals surface area contributed by atoms with Crippen molar-refractivity contribution in [1.29, 1.82) is 0 Å². The molecule has 0 aliphatic rings. The minimum absolute atomic E-state index is 0.0491. The average molecular weight is 375 g/mol. The first kappa shape index (κ1) is 16.8. The molecule has 5 heteroatoms. The number of carbonyl (C=O) groups excluding carboxylic acids is 1. The zero-order valence-corrected chi connectivity index (χ0v) is 13.9. The fourth-order valence-corrected chi connectivity index (χ4v) is 2.35. The summed E-state index contributed by atoms with van der Waals surface area (Å²) in [5.41, 5.74) is 1.53. The molecule has 2 rings (SSSR count). The first-order valence-corrected chi connectivity index (χ1v) is 7.54. The van der Waals surface area contributed by atoms with E-state index < -0.39 is 0 Å². The second-order valence-electron chi connectivity index (χ2n) is 4.71. The van der Waals surface area contributed by atoms with Gasteiger partial charge in [0.1, 0.15) is 5.75 Å². The van der Waals surface area contributed by atoms with Gasteiger partial charge in [-0.25, -0.2) is 0 Å². The Hall–Kier alpha value is -2.53. The first-order chi connectivity index (χ1) is 11.0. The summed E-state index contributed by atoms with van der Waals surface area (Å²) in [6.07, 6.45) is 6.16. The number of ether oxygens (including phenoxy) is 1. The second-order valence-corrected chi connectivity index (χ2v) is 5.56. The van der Waals surface area contributed by atoms with Crippen LogP contribution in [-0.2, 0) is 4.79 Å². The summed E-state index contributed by atoms with van der Waals surface area (Å²) in [5.74, 6) is 0.370. The van der Waals surface area contributed by atoms with Gasteiger partial charge in [0.25, 0.3) is 0 Å². The summed E-state index contributed by atoms with van der Waals surface area (Å²) in [6.45, 7) is 0. The maximum absolute atomic E-state index is 11.9. The Morgan fingerprint density at radius 2 is 1.83 bits per heavy atom. The van der Waals surface area contributed by atoms with Crippen LogP contribution in [0.1, 0.15) is 11.1 Å². The molecule has 0 aliphatic heterocycles. The SMILES string of the molecule is COc1cc(C=CC(=O)C=Cc2ccc(O)cc2Br)ccc1O. The van der Waals surface area contributed by atoms with Crippen molar-refractivity contribution in [2.75, 3.05) is 7.11 Å². The molecule has 0 fully saturated rings. The van der Waals surface area contributed by atoms with Crippen molar-refractivity contribution < 1.29 is 19.7 Å². The van der Waals surface area contributed by atoms with Gasteiger partial charge in [0.15, 0.2) is 17.3 Å². The molecule has 0 aliphatic carbocycles. The highest BCUT2D eigenvalue weighted by atomic mass is 79.9. The van der Waals surface area contributed by atoms with Gasteiger partial charge in [-0.15, -0.1) is 0 Å². The Bertz CT molecular complexity index is 779. The minimum Gasteiger partial charge on any atom is -0.508 e. The lowest BCUT2D eigenvalue weighted by Gasteiger charge is -2.03. The van der Waals surface area contributed by atoms with Crippen LogP contribution in [0.5, 0.6) is 17.2 Å². The number of hydrogen-bond acceptors (Lipinski definition) is 4. The van der Waals surface area contributed by atoms with E-state index in [0.717, 1.165) is 11.1 Å². The fourth-order valence-electron chi connectivity index (χ4n) is 1.85. The number of rotatable bonds is 5. The molecule has 118 valence electrons. The van der Waals surface area contributed by atoms with Crippen LogP contribution in [0.2, 0.25) is 0 Å². The summed E-state index contributed by atoms with van der Waals surface area (Å²) in [4.78, 5) is 11.9. The lowest BCUT2D eigenvalue weighted by molar-refractivity contribution is -0.110. The number of methoxy groups -OCH3 is 1. The number of allylic oxidation sites excluding steroid dienone is 2. The Kier molecular flexibility index (Phi) is 5.60. The van der Waals surface area contributed by atoms with Crippen LogP contribution in [0.4, 0.5) is 0 Å². The summed E-state index contributed by atoms with van der Waals surface area (Å²) in [5, 5.41) is 18.8. The molecule has 0 bridgehead atoms. The monoisotopic (exact) mass is 374 g/mol. The van der Waals surface area contributed by atoms with Crippen molar-refractivity contribution in [3.05, 3.63) is 64.1 Å². The average Bonchev–Trinajstić information content (AvgIpc) is 2.53. The van der Waals surface area contributed by atoms with E-state index in [2.05, 4.69) is 15.9 Å². The van der Waals surface area contributed by atoms with Crippen LogP contribution in [0.15, 0.2) is 53.0 Å². The molecule has 0 saturated heterocycles. The van der Waals surface area contributed by atoms with Crippen LogP contribution in [0.25, 0.3) is 12.2 Å². The zero-order valence-electron chi connectivity index (χ0n) is 12.4. The third-order valence-corrected chi connectivity index (χ3v) is 3.74. The van der Waals surface area contributed by atoms with Crippen molar-refractivity contribution >= 4 is 33.9 Å². The number of hydrogen-bond donors (Lipinski definition) is 2. The van der Waals surface area contributed by atoms with Gasteiger partial charge < -0.3 is 14.9 Å². The third-order valence-electron chi connectivity index (χ3n) is 3.06. The van der Waals surface area contributed by atoms with E-state index in [-0.39, 0.29) is 17.3 Å². The number of ketones is 1. The highest BCUT2D eigenvalue weighted by molar-refractivity contribution is 9.10. The molecule has 0 spiro atoms. The second kappa shape index (κ2) is 7.65. The van der Waals surface area contributed by atoms with Gasteiger partial charge in [0, 0.05) is 4.47 Å². The predicted molar refractivity (Wildman–Crippen MR) is 93.5 cm³/mol. The summed E-state index contributed by atoms with van der Waals surface area (Å²) in [6, 6.07) is 9.64. The number of halogens is 1. The molecular weight excluding hydrogens is 360 g/mol. The van der Waals surface area contributed by atoms with E-state index in [1.165, 1.54) is 25.3 Å². The molecule has 0 heterocycles. The fraction of sp³-hybridized carbons (Fsp3) is 0.0556. The number of phenolic OH excluding ortho intramolecular Hbond substituents is 2. The van der Waals surface area contributed by atoms with E-state index in [1.54, 1.807) is 42.5 Å². The maximum Gasteiger partial charge on any atom is 0.178 e. The molecule has 0 radical (unpaired) electrons. The number of carbonyl (C=O) groups is 1. The summed E-state index contributed by atoms with van der Waals surface area (Å²) in [7, 11) is 1.46. The highest BCUT2D eigenvalue weighted by Crippen LogP contribution is 2.27. The van der Waals surface area contributed by atoms with Gasteiger partial charge in [0.05, 0.1) is 7.11 Å². The van der Waals surface area contributed by atoms with E-state index in [0.29, 0.717) is 10.2 Å². The molecule has 0 aromatic heterocycles. The van der Waals surface area contributed by atoms with E-state index in [4.69, 9.17) is 4.74 Å². The molecule has 0 atom stereocenters. The molecule has 0 unspecified atom stereocenters. The molecule has 23 heavy (non-hydrogen) atoms. The lowest BCUT2D eigenvalue weighted by atomic mass is 10.1. The molecule has 2 N–H and O–H groups in total. The van der Waals surface area contributed by atoms with Crippen molar-refractivity contribution in [3.8, 4) is 17.2 Å². The Balaban J connectivity index is 2.08. The van der Waals surface area contributed by atoms with E-state index in [9.17, 15) is 15.0 Å². The topological polar surface area (TPSA) is 66.8 Å². The van der Waals surface area contributed by atoms with Crippen molar-refractivity contribution in [2.24, 2.45) is 0 Å². The number of aromatic hydroxyl groups is 2. The number of phenols is 2. The van der Waals surface area contributed by atoms with Crippen LogP contribution < -0.4 is 4.74 Å². The largest absolute Gasteiger partial charge is 0.508 e. The first-order valence-electron chi connectivity index (χ1n) is 6.75. The quantitative estimate of drug-likeness (QED) is 0.770. The Labute approximate surface area is 142 Å². The van der Waals surface area contributed by atoms with Crippen molar-refractivity contribution in [1.82, 2.24) is 0 Å². The standard InChI is InChI=1S/C18H15BrO4/c1-23-18-10-12(3-9-17(18)22)2-6-14(20)7-4-13-5-8-15(21)11-16(13)19/h2-11,21-22H,1H3. The summed E-state index contributed by atoms with van der Waals surface area (Å²) < 4.78 is 5.71. The van der Waals surface area contributed by atoms with Gasteiger partial charge in [0.2, 0.25) is 0 Å². The van der Waals surface area contributed by atoms with Crippen LogP contribution in [0.3, 0.4) is 0 Å². The van der Waals surface area contributed by atoms with Gasteiger partial charge >= 0.3 is 0 Å². The molecule has 0 saturated carbocycles. The van der Waals surface area contributed by atoms with Crippen molar-refractivity contribution in [3.63, 3.8) is 0 Å². The number of benzene rings is 2. The molecule has 4 nitrogen and oxygen atoms in total. The van der Waals surface area contributed by atoms with Crippen LogP contribution >= 0.6 is 15.9 Å². The van der Waals surface area contributed by atoms with Crippen molar-refractivity contribution in [2.45, 2.75) is 0 Å². The zero-order chi connectivity index (χ0) is 16.8. The molecule has 2 aromatic rings. The predicted octanol–water partition coefficient (Wildman–Crippen LogP) is 4.16.